The van der Waals surface area contributed by atoms with Crippen LogP contribution in [-0.4, -0.2) is 16.9 Å². The van der Waals surface area contributed by atoms with Crippen molar-refractivity contribution in [2.24, 2.45) is 5.92 Å². The Balaban J connectivity index is 1.77. The van der Waals surface area contributed by atoms with Gasteiger partial charge in [0.05, 0.1) is 5.57 Å². The van der Waals surface area contributed by atoms with Crippen LogP contribution in [0.3, 0.4) is 0 Å². The van der Waals surface area contributed by atoms with Gasteiger partial charge in [0.1, 0.15) is 0 Å². The average molecular weight is 402 g/mol. The van der Waals surface area contributed by atoms with E-state index < -0.39 is 11.9 Å². The van der Waals surface area contributed by atoms with Crippen molar-refractivity contribution in [3.8, 4) is 11.1 Å². The van der Waals surface area contributed by atoms with E-state index in [9.17, 15) is 14.7 Å². The molecule has 1 aliphatic carbocycles. The molecule has 0 radical (unpaired) electrons. The van der Waals surface area contributed by atoms with Crippen molar-refractivity contribution in [2.75, 3.05) is 0 Å². The van der Waals surface area contributed by atoms with E-state index in [0.717, 1.165) is 41.6 Å². The van der Waals surface area contributed by atoms with Crippen molar-refractivity contribution in [2.45, 2.75) is 45.4 Å². The summed E-state index contributed by atoms with van der Waals surface area (Å²) in [6, 6.07) is 18.0. The predicted octanol–water partition coefficient (Wildman–Crippen LogP) is 5.43. The van der Waals surface area contributed by atoms with Gasteiger partial charge in [-0.25, -0.2) is 4.79 Å². The van der Waals surface area contributed by atoms with Crippen LogP contribution in [0.4, 0.5) is 0 Å². The summed E-state index contributed by atoms with van der Waals surface area (Å²) in [5, 5.41) is 13.2. The van der Waals surface area contributed by atoms with Crippen molar-refractivity contribution in [3.63, 3.8) is 0 Å². The molecular weight excluding hydrogens is 374 g/mol. The first-order valence-corrected chi connectivity index (χ1v) is 10.6. The SMILES string of the molecule is CCCC1CC(=O)C2=C(C1)NC(C)=C(C(=O)O)C2c1ccc(-c2ccccc2)cc1. The van der Waals surface area contributed by atoms with Crippen LogP contribution >= 0.6 is 0 Å². The molecule has 1 heterocycles. The number of hydrogen-bond acceptors (Lipinski definition) is 3. The standard InChI is InChI=1S/C26H27NO3/c1-3-7-17-14-21-25(22(28)15-17)24(23(26(29)30)16(2)27-21)20-12-10-19(11-13-20)18-8-5-4-6-9-18/h4-6,8-13,17,24,27H,3,7,14-15H2,1-2H3,(H,29,30). The van der Waals surface area contributed by atoms with E-state index in [0.29, 0.717) is 23.6 Å². The summed E-state index contributed by atoms with van der Waals surface area (Å²) < 4.78 is 0. The van der Waals surface area contributed by atoms with E-state index in [-0.39, 0.29) is 11.4 Å². The lowest BCUT2D eigenvalue weighted by Crippen LogP contribution is -2.36. The minimum atomic E-state index is -0.979. The highest BCUT2D eigenvalue weighted by Crippen LogP contribution is 2.44. The molecule has 2 unspecified atom stereocenters. The number of carbonyl (C=O) groups excluding carboxylic acids is 1. The first kappa shape index (κ1) is 20.1. The van der Waals surface area contributed by atoms with E-state index in [4.69, 9.17) is 0 Å². The van der Waals surface area contributed by atoms with Crippen LogP contribution in [0.25, 0.3) is 11.1 Å². The predicted molar refractivity (Wildman–Crippen MR) is 118 cm³/mol. The Kier molecular flexibility index (Phi) is 5.58. The number of carbonyl (C=O) groups is 2. The summed E-state index contributed by atoms with van der Waals surface area (Å²) in [6.07, 6.45) is 3.35. The van der Waals surface area contributed by atoms with E-state index in [1.54, 1.807) is 6.92 Å². The number of ketones is 1. The van der Waals surface area contributed by atoms with Crippen molar-refractivity contribution in [3.05, 3.63) is 82.7 Å². The summed E-state index contributed by atoms with van der Waals surface area (Å²) in [6.45, 7) is 3.93. The largest absolute Gasteiger partial charge is 0.478 e. The summed E-state index contributed by atoms with van der Waals surface area (Å²) in [5.41, 5.74) is 5.46. The fourth-order valence-electron chi connectivity index (χ4n) is 4.85. The average Bonchev–Trinajstić information content (AvgIpc) is 2.73. The zero-order chi connectivity index (χ0) is 21.3. The second-order valence-electron chi connectivity index (χ2n) is 8.27. The molecule has 0 amide bonds. The lowest BCUT2D eigenvalue weighted by molar-refractivity contribution is -0.133. The molecule has 0 spiro atoms. The number of rotatable bonds is 5. The molecule has 4 rings (SSSR count). The van der Waals surface area contributed by atoms with Gasteiger partial charge >= 0.3 is 5.97 Å². The van der Waals surface area contributed by atoms with Gasteiger partial charge in [0.15, 0.2) is 5.78 Å². The van der Waals surface area contributed by atoms with Crippen LogP contribution < -0.4 is 5.32 Å². The number of carboxylic acid groups (broad SMARTS) is 1. The van der Waals surface area contributed by atoms with Crippen molar-refractivity contribution in [1.29, 1.82) is 0 Å². The Morgan fingerprint density at radius 1 is 1.03 bits per heavy atom. The van der Waals surface area contributed by atoms with E-state index in [1.165, 1.54) is 0 Å². The van der Waals surface area contributed by atoms with Gasteiger partial charge in [0.25, 0.3) is 0 Å². The van der Waals surface area contributed by atoms with Crippen molar-refractivity contribution >= 4 is 11.8 Å². The maximum Gasteiger partial charge on any atom is 0.334 e. The van der Waals surface area contributed by atoms with Gasteiger partial charge in [-0.2, -0.15) is 0 Å². The van der Waals surface area contributed by atoms with Crippen molar-refractivity contribution in [1.82, 2.24) is 5.32 Å². The van der Waals surface area contributed by atoms with Gasteiger partial charge in [-0.3, -0.25) is 4.79 Å². The first-order chi connectivity index (χ1) is 14.5. The van der Waals surface area contributed by atoms with Crippen LogP contribution in [0.2, 0.25) is 0 Å². The van der Waals surface area contributed by atoms with Gasteiger partial charge in [-0.15, -0.1) is 0 Å². The molecular formula is C26H27NO3. The molecule has 2 aliphatic rings. The first-order valence-electron chi connectivity index (χ1n) is 10.6. The second kappa shape index (κ2) is 8.31. The summed E-state index contributed by atoms with van der Waals surface area (Å²) in [7, 11) is 0. The van der Waals surface area contributed by atoms with Crippen LogP contribution in [-0.2, 0) is 9.59 Å². The lowest BCUT2D eigenvalue weighted by atomic mass is 9.72. The quantitative estimate of drug-likeness (QED) is 0.701. The number of allylic oxidation sites excluding steroid dienone is 3. The second-order valence-corrected chi connectivity index (χ2v) is 8.27. The summed E-state index contributed by atoms with van der Waals surface area (Å²) in [5.74, 6) is -1.11. The minimum absolute atomic E-state index is 0.0746. The molecule has 2 aromatic rings. The molecule has 30 heavy (non-hydrogen) atoms. The minimum Gasteiger partial charge on any atom is -0.478 e. The maximum absolute atomic E-state index is 13.1. The Morgan fingerprint density at radius 2 is 1.70 bits per heavy atom. The fourth-order valence-corrected chi connectivity index (χ4v) is 4.85. The van der Waals surface area contributed by atoms with Crippen LogP contribution in [0.5, 0.6) is 0 Å². The molecule has 0 fully saturated rings. The normalized spacial score (nSPS) is 21.3. The van der Waals surface area contributed by atoms with Crippen molar-refractivity contribution < 1.29 is 14.7 Å². The molecule has 154 valence electrons. The zero-order valence-electron chi connectivity index (χ0n) is 17.4. The van der Waals surface area contributed by atoms with Gasteiger partial charge in [-0.1, -0.05) is 67.9 Å². The third-order valence-electron chi connectivity index (χ3n) is 6.19. The molecule has 0 saturated heterocycles. The summed E-state index contributed by atoms with van der Waals surface area (Å²) in [4.78, 5) is 25.3. The molecule has 2 N–H and O–H groups in total. The number of benzene rings is 2. The van der Waals surface area contributed by atoms with Crippen LogP contribution in [0, 0.1) is 5.92 Å². The van der Waals surface area contributed by atoms with E-state index >= 15 is 0 Å². The van der Waals surface area contributed by atoms with Gasteiger partial charge in [0, 0.05) is 29.3 Å². The molecule has 2 aromatic carbocycles. The molecule has 0 aromatic heterocycles. The summed E-state index contributed by atoms with van der Waals surface area (Å²) >= 11 is 0. The molecule has 0 saturated carbocycles. The third kappa shape index (κ3) is 3.70. The Bertz CT molecular complexity index is 1030. The van der Waals surface area contributed by atoms with Gasteiger partial charge in [0.2, 0.25) is 0 Å². The number of carboxylic acids is 1. The number of dihydropyridines is 1. The number of hydrogen-bond donors (Lipinski definition) is 2. The highest BCUT2D eigenvalue weighted by atomic mass is 16.4. The number of aliphatic carboxylic acids is 1. The lowest BCUT2D eigenvalue weighted by Gasteiger charge is -2.36. The molecule has 4 heteroatoms. The monoisotopic (exact) mass is 401 g/mol. The smallest absolute Gasteiger partial charge is 0.334 e. The topological polar surface area (TPSA) is 66.4 Å². The fraction of sp³-hybridized carbons (Fsp3) is 0.308. The highest BCUT2D eigenvalue weighted by Gasteiger charge is 2.40. The Morgan fingerprint density at radius 3 is 2.33 bits per heavy atom. The van der Waals surface area contributed by atoms with Gasteiger partial charge < -0.3 is 10.4 Å². The van der Waals surface area contributed by atoms with E-state index in [1.807, 2.05) is 54.6 Å². The zero-order valence-corrected chi connectivity index (χ0v) is 17.4. The molecule has 4 nitrogen and oxygen atoms in total. The Hall–Kier alpha value is -3.14. The highest BCUT2D eigenvalue weighted by molar-refractivity contribution is 6.03. The van der Waals surface area contributed by atoms with E-state index in [2.05, 4.69) is 12.2 Å². The Labute approximate surface area is 177 Å². The van der Waals surface area contributed by atoms with Crippen LogP contribution in [0.1, 0.15) is 51.0 Å². The molecule has 0 bridgehead atoms. The molecule has 2 atom stereocenters. The van der Waals surface area contributed by atoms with Gasteiger partial charge in [-0.05, 0) is 42.4 Å². The maximum atomic E-state index is 13.1. The molecule has 1 aliphatic heterocycles. The van der Waals surface area contributed by atoms with Crippen LogP contribution in [0.15, 0.2) is 77.1 Å². The third-order valence-corrected chi connectivity index (χ3v) is 6.19. The number of nitrogens with one attached hydrogen (secondary N) is 1. The number of Topliss-reactive ketones (excluding diaryl/α,β-unsaturated/α-hetero) is 1.